The number of nitrogen functional groups attached to an aromatic ring is 1. The molecule has 3 rings (SSSR count). The summed E-state index contributed by atoms with van der Waals surface area (Å²) < 4.78 is 52.3. The molecule has 0 unspecified atom stereocenters. The van der Waals surface area contributed by atoms with Crippen molar-refractivity contribution >= 4 is 33.6 Å². The first-order valence-corrected chi connectivity index (χ1v) is 6.20. The Kier molecular flexibility index (Phi) is 4.48. The summed E-state index contributed by atoms with van der Waals surface area (Å²) in [6.45, 7) is -1.41. The summed E-state index contributed by atoms with van der Waals surface area (Å²) in [5.41, 5.74) is 4.71. The fourth-order valence-corrected chi connectivity index (χ4v) is 2.34. The average Bonchev–Trinajstić information content (AvgIpc) is 2.80. The molecule has 120 valence electrons. The van der Waals surface area contributed by atoms with Crippen LogP contribution in [0.3, 0.4) is 0 Å². The van der Waals surface area contributed by atoms with E-state index in [4.69, 9.17) is 5.73 Å². The first-order valence-electron chi connectivity index (χ1n) is 6.20. The molecular weight excluding hydrogens is 327 g/mol. The molecule has 0 amide bonds. The molecule has 0 saturated heterocycles. The van der Waals surface area contributed by atoms with E-state index in [-0.39, 0.29) is 46.5 Å². The van der Waals surface area contributed by atoms with Crippen LogP contribution in [0.25, 0.3) is 21.8 Å². The zero-order chi connectivity index (χ0) is 16.9. The van der Waals surface area contributed by atoms with Crippen molar-refractivity contribution in [1.29, 1.82) is 0 Å². The number of halogens is 4. The van der Waals surface area contributed by atoms with Gasteiger partial charge in [-0.3, -0.25) is 4.68 Å². The van der Waals surface area contributed by atoms with Gasteiger partial charge in [0.2, 0.25) is 0 Å². The number of carbonyl (C=O) groups is 1. The molecule has 3 aromatic rings. The number of nitrogens with zero attached hydrogens (tertiary/aromatic N) is 3. The molecular formula is C13H7F4LiN4O2. The Balaban J connectivity index is 0.00000208. The third-order valence-corrected chi connectivity index (χ3v) is 3.25. The molecule has 0 aliphatic rings. The first-order chi connectivity index (χ1) is 10.7. The van der Waals surface area contributed by atoms with Gasteiger partial charge in [0.15, 0.2) is 0 Å². The number of aromatic carboxylic acids is 1. The number of carboxylic acids is 1. The van der Waals surface area contributed by atoms with Gasteiger partial charge >= 0.3 is 25.0 Å². The van der Waals surface area contributed by atoms with Crippen LogP contribution in [0.4, 0.5) is 23.4 Å². The second-order valence-corrected chi connectivity index (χ2v) is 4.81. The van der Waals surface area contributed by atoms with E-state index in [2.05, 4.69) is 10.1 Å². The molecule has 2 heterocycles. The Morgan fingerprint density at radius 1 is 1.29 bits per heavy atom. The van der Waals surface area contributed by atoms with Gasteiger partial charge in [0.1, 0.15) is 18.2 Å². The van der Waals surface area contributed by atoms with Gasteiger partial charge in [-0.2, -0.15) is 18.3 Å². The maximum atomic E-state index is 13.7. The van der Waals surface area contributed by atoms with E-state index in [1.165, 1.54) is 0 Å². The normalized spacial score (nSPS) is 11.7. The van der Waals surface area contributed by atoms with Gasteiger partial charge in [-0.1, -0.05) is 0 Å². The maximum absolute atomic E-state index is 13.7. The molecule has 0 fully saturated rings. The molecule has 11 heteroatoms. The Labute approximate surface area is 143 Å². The van der Waals surface area contributed by atoms with Crippen LogP contribution in [0.2, 0.25) is 0 Å². The van der Waals surface area contributed by atoms with Crippen molar-refractivity contribution in [3.63, 3.8) is 0 Å². The van der Waals surface area contributed by atoms with E-state index in [0.29, 0.717) is 4.68 Å². The van der Waals surface area contributed by atoms with Crippen LogP contribution in [0, 0.1) is 5.82 Å². The summed E-state index contributed by atoms with van der Waals surface area (Å²) >= 11 is 0. The van der Waals surface area contributed by atoms with Crippen LogP contribution in [0.15, 0.2) is 18.3 Å². The minimum absolute atomic E-state index is 0. The van der Waals surface area contributed by atoms with E-state index in [0.717, 1.165) is 18.3 Å². The molecule has 6 nitrogen and oxygen atoms in total. The summed E-state index contributed by atoms with van der Waals surface area (Å²) in [5.74, 6) is -3.05. The fourth-order valence-electron chi connectivity index (χ4n) is 2.34. The van der Waals surface area contributed by atoms with Crippen molar-refractivity contribution < 1.29 is 46.3 Å². The van der Waals surface area contributed by atoms with Crippen molar-refractivity contribution in [1.82, 2.24) is 14.8 Å². The van der Waals surface area contributed by atoms with Crippen molar-refractivity contribution in [3.8, 4) is 0 Å². The molecule has 0 aliphatic carbocycles. The second kappa shape index (κ2) is 5.96. The summed E-state index contributed by atoms with van der Waals surface area (Å²) in [5, 5.41) is 14.6. The van der Waals surface area contributed by atoms with Crippen LogP contribution in [0.5, 0.6) is 0 Å². The number of carbonyl (C=O) groups excluding carboxylic acids is 1. The number of pyridine rings is 1. The van der Waals surface area contributed by atoms with E-state index >= 15 is 0 Å². The van der Waals surface area contributed by atoms with E-state index in [1.807, 2.05) is 0 Å². The minimum atomic E-state index is -4.56. The van der Waals surface area contributed by atoms with Gasteiger partial charge in [0.25, 0.3) is 0 Å². The molecule has 0 aliphatic heterocycles. The zero-order valence-corrected chi connectivity index (χ0v) is 12.2. The number of nitrogens with two attached hydrogens (primary N) is 1. The minimum Gasteiger partial charge on any atom is -0.545 e. The van der Waals surface area contributed by atoms with Crippen LogP contribution >= 0.6 is 0 Å². The molecule has 24 heavy (non-hydrogen) atoms. The Hall–Kier alpha value is -2.31. The van der Waals surface area contributed by atoms with Gasteiger partial charge in [-0.25, -0.2) is 9.37 Å². The van der Waals surface area contributed by atoms with Crippen LogP contribution in [-0.2, 0) is 6.54 Å². The number of carboxylic acid groups (broad SMARTS) is 1. The largest absolute Gasteiger partial charge is 1.00 e. The molecule has 2 aromatic heterocycles. The number of fused-ring (bicyclic) bond motifs is 3. The van der Waals surface area contributed by atoms with Gasteiger partial charge in [-0.15, -0.1) is 0 Å². The van der Waals surface area contributed by atoms with Crippen molar-refractivity contribution in [2.75, 3.05) is 5.73 Å². The topological polar surface area (TPSA) is 96.9 Å². The van der Waals surface area contributed by atoms with Gasteiger partial charge in [0.05, 0.1) is 28.6 Å². The Morgan fingerprint density at radius 2 is 1.96 bits per heavy atom. The molecule has 0 radical (unpaired) electrons. The molecule has 0 atom stereocenters. The number of benzene rings is 1. The summed E-state index contributed by atoms with van der Waals surface area (Å²) in [6, 6.07) is 1.64. The second-order valence-electron chi connectivity index (χ2n) is 4.81. The smallest absolute Gasteiger partial charge is 0.545 e. The van der Waals surface area contributed by atoms with E-state index < -0.39 is 30.1 Å². The van der Waals surface area contributed by atoms with Crippen LogP contribution in [0.1, 0.15) is 10.4 Å². The molecule has 0 saturated carbocycles. The molecule has 2 N–H and O–H groups in total. The molecule has 0 spiro atoms. The maximum Gasteiger partial charge on any atom is 1.00 e. The quantitative estimate of drug-likeness (QED) is 0.442. The third-order valence-electron chi connectivity index (χ3n) is 3.25. The summed E-state index contributed by atoms with van der Waals surface area (Å²) in [7, 11) is 0. The summed E-state index contributed by atoms with van der Waals surface area (Å²) in [4.78, 5) is 14.8. The predicted octanol–water partition coefficient (Wildman–Crippen LogP) is -1.76. The molecule has 1 aromatic carbocycles. The van der Waals surface area contributed by atoms with Crippen molar-refractivity contribution in [2.45, 2.75) is 12.7 Å². The Morgan fingerprint density at radius 3 is 2.54 bits per heavy atom. The number of aromatic nitrogens is 3. The fraction of sp³-hybridized carbons (Fsp3) is 0.154. The first kappa shape index (κ1) is 18.0. The van der Waals surface area contributed by atoms with Crippen molar-refractivity contribution in [3.05, 3.63) is 29.7 Å². The zero-order valence-electron chi connectivity index (χ0n) is 12.2. The van der Waals surface area contributed by atoms with Gasteiger partial charge in [0, 0.05) is 17.0 Å². The monoisotopic (exact) mass is 334 g/mol. The van der Waals surface area contributed by atoms with Gasteiger partial charge < -0.3 is 15.6 Å². The van der Waals surface area contributed by atoms with E-state index in [1.54, 1.807) is 0 Å². The Bertz CT molecular complexity index is 955. The SMILES string of the molecule is Nc1nc2cc(F)c(C(=O)[O-])cc2c2c1cnn2CC(F)(F)F.[Li+]. The third kappa shape index (κ3) is 3.02. The van der Waals surface area contributed by atoms with Gasteiger partial charge in [-0.05, 0) is 6.07 Å². The summed E-state index contributed by atoms with van der Waals surface area (Å²) in [6.07, 6.45) is -3.47. The number of hydrogen-bond acceptors (Lipinski definition) is 5. The molecule has 0 bridgehead atoms. The standard InChI is InChI=1S/C13H8F4N4O2.Li/c14-8-2-9-6(1-5(8)12(22)23)10-7(11(18)20-9)3-19-21(10)4-13(15,16)17;/h1-3H,4H2,(H2,18,20)(H,22,23);/q;+1/p-1. The number of rotatable bonds is 2. The number of hydrogen-bond donors (Lipinski definition) is 1. The average molecular weight is 334 g/mol. The number of alkyl halides is 3. The van der Waals surface area contributed by atoms with Crippen molar-refractivity contribution in [2.24, 2.45) is 0 Å². The van der Waals surface area contributed by atoms with E-state index in [9.17, 15) is 27.5 Å². The van der Waals surface area contributed by atoms with Crippen LogP contribution in [-0.4, -0.2) is 26.9 Å². The van der Waals surface area contributed by atoms with Crippen LogP contribution < -0.4 is 29.7 Å². The predicted molar refractivity (Wildman–Crippen MR) is 69.8 cm³/mol. The number of anilines is 1.